The molecular formula is C16H17BrFNO2. The van der Waals surface area contributed by atoms with Gasteiger partial charge in [-0.3, -0.25) is 0 Å². The summed E-state index contributed by atoms with van der Waals surface area (Å²) in [6.07, 6.45) is 0. The van der Waals surface area contributed by atoms with E-state index in [1.165, 1.54) is 6.07 Å². The molecule has 0 amide bonds. The second-order valence-electron chi connectivity index (χ2n) is 4.44. The Morgan fingerprint density at radius 2 is 1.90 bits per heavy atom. The summed E-state index contributed by atoms with van der Waals surface area (Å²) in [5.41, 5.74) is 7.05. The first-order chi connectivity index (χ1) is 10.1. The number of ether oxygens (including phenoxy) is 2. The van der Waals surface area contributed by atoms with Gasteiger partial charge in [0.1, 0.15) is 12.4 Å². The van der Waals surface area contributed by atoms with Gasteiger partial charge >= 0.3 is 0 Å². The van der Waals surface area contributed by atoms with Gasteiger partial charge in [-0.25, -0.2) is 4.39 Å². The molecule has 2 rings (SSSR count). The maximum absolute atomic E-state index is 13.7. The zero-order chi connectivity index (χ0) is 15.2. The molecule has 0 unspecified atom stereocenters. The van der Waals surface area contributed by atoms with Gasteiger partial charge in [0, 0.05) is 16.6 Å². The SMILES string of the molecule is CCOc1cc(CN)ccc1OCc1cc(Br)ccc1F. The molecule has 2 N–H and O–H groups in total. The molecular weight excluding hydrogens is 337 g/mol. The summed E-state index contributed by atoms with van der Waals surface area (Å²) >= 11 is 3.32. The number of hydrogen-bond acceptors (Lipinski definition) is 3. The molecule has 0 bridgehead atoms. The smallest absolute Gasteiger partial charge is 0.161 e. The molecule has 0 aliphatic carbocycles. The highest BCUT2D eigenvalue weighted by Crippen LogP contribution is 2.29. The summed E-state index contributed by atoms with van der Waals surface area (Å²) in [7, 11) is 0. The zero-order valence-corrected chi connectivity index (χ0v) is 13.3. The van der Waals surface area contributed by atoms with E-state index in [1.54, 1.807) is 18.2 Å². The third kappa shape index (κ3) is 4.19. The van der Waals surface area contributed by atoms with Gasteiger partial charge in [0.25, 0.3) is 0 Å². The van der Waals surface area contributed by atoms with E-state index in [-0.39, 0.29) is 12.4 Å². The van der Waals surface area contributed by atoms with Crippen molar-refractivity contribution < 1.29 is 13.9 Å². The molecule has 21 heavy (non-hydrogen) atoms. The third-order valence-electron chi connectivity index (χ3n) is 2.93. The fourth-order valence-corrected chi connectivity index (χ4v) is 2.28. The summed E-state index contributed by atoms with van der Waals surface area (Å²) in [4.78, 5) is 0. The van der Waals surface area contributed by atoms with Crippen LogP contribution in [0, 0.1) is 5.82 Å². The van der Waals surface area contributed by atoms with E-state index in [4.69, 9.17) is 15.2 Å². The van der Waals surface area contributed by atoms with Crippen LogP contribution in [-0.4, -0.2) is 6.61 Å². The Morgan fingerprint density at radius 3 is 2.62 bits per heavy atom. The second kappa shape index (κ2) is 7.43. The van der Waals surface area contributed by atoms with E-state index in [0.717, 1.165) is 10.0 Å². The predicted octanol–water partition coefficient (Wildman–Crippen LogP) is 4.02. The number of benzene rings is 2. The number of halogens is 2. The molecule has 0 aliphatic heterocycles. The van der Waals surface area contributed by atoms with E-state index in [1.807, 2.05) is 19.1 Å². The Hall–Kier alpha value is -1.59. The summed E-state index contributed by atoms with van der Waals surface area (Å²) in [5, 5.41) is 0. The summed E-state index contributed by atoms with van der Waals surface area (Å²) < 4.78 is 25.7. The molecule has 2 aromatic carbocycles. The fraction of sp³-hybridized carbons (Fsp3) is 0.250. The van der Waals surface area contributed by atoms with Crippen LogP contribution in [0.2, 0.25) is 0 Å². The zero-order valence-electron chi connectivity index (χ0n) is 11.7. The van der Waals surface area contributed by atoms with Crippen molar-refractivity contribution in [1.82, 2.24) is 0 Å². The van der Waals surface area contributed by atoms with Crippen molar-refractivity contribution in [3.63, 3.8) is 0 Å². The van der Waals surface area contributed by atoms with Gasteiger partial charge in [-0.05, 0) is 42.8 Å². The second-order valence-corrected chi connectivity index (χ2v) is 5.36. The highest BCUT2D eigenvalue weighted by Gasteiger charge is 2.09. The molecule has 0 heterocycles. The Labute approximate surface area is 132 Å². The van der Waals surface area contributed by atoms with Gasteiger partial charge in [-0.2, -0.15) is 0 Å². The van der Waals surface area contributed by atoms with Gasteiger partial charge in [0.15, 0.2) is 11.5 Å². The Balaban J connectivity index is 2.17. The summed E-state index contributed by atoms with van der Waals surface area (Å²) in [6, 6.07) is 10.3. The molecule has 3 nitrogen and oxygen atoms in total. The highest BCUT2D eigenvalue weighted by molar-refractivity contribution is 9.10. The van der Waals surface area contributed by atoms with Gasteiger partial charge in [0.2, 0.25) is 0 Å². The first-order valence-electron chi connectivity index (χ1n) is 6.66. The molecule has 0 radical (unpaired) electrons. The maximum Gasteiger partial charge on any atom is 0.161 e. The molecule has 2 aromatic rings. The van der Waals surface area contributed by atoms with Crippen molar-refractivity contribution in [1.29, 1.82) is 0 Å². The first kappa shape index (κ1) is 15.8. The lowest BCUT2D eigenvalue weighted by Gasteiger charge is -2.13. The summed E-state index contributed by atoms with van der Waals surface area (Å²) in [5.74, 6) is 0.902. The Kier molecular flexibility index (Phi) is 5.59. The van der Waals surface area contributed by atoms with Crippen LogP contribution < -0.4 is 15.2 Å². The van der Waals surface area contributed by atoms with Crippen LogP contribution in [0.5, 0.6) is 11.5 Å². The third-order valence-corrected chi connectivity index (χ3v) is 3.43. The van der Waals surface area contributed by atoms with Crippen LogP contribution in [0.25, 0.3) is 0 Å². The van der Waals surface area contributed by atoms with Crippen LogP contribution in [0.15, 0.2) is 40.9 Å². The van der Waals surface area contributed by atoms with E-state index in [0.29, 0.717) is 30.2 Å². The standard InChI is InChI=1S/C16H17BrFNO2/c1-2-20-16-7-11(9-19)3-6-15(16)21-10-12-8-13(17)4-5-14(12)18/h3-8H,2,9-10,19H2,1H3. The van der Waals surface area contributed by atoms with Gasteiger partial charge in [-0.15, -0.1) is 0 Å². The quantitative estimate of drug-likeness (QED) is 0.852. The lowest BCUT2D eigenvalue weighted by Crippen LogP contribution is -2.03. The minimum Gasteiger partial charge on any atom is -0.490 e. The van der Waals surface area contributed by atoms with Crippen LogP contribution in [-0.2, 0) is 13.2 Å². The largest absolute Gasteiger partial charge is 0.490 e. The van der Waals surface area contributed by atoms with E-state index in [9.17, 15) is 4.39 Å². The topological polar surface area (TPSA) is 44.5 Å². The van der Waals surface area contributed by atoms with Gasteiger partial charge in [-0.1, -0.05) is 22.0 Å². The normalized spacial score (nSPS) is 10.5. The average molecular weight is 354 g/mol. The monoisotopic (exact) mass is 353 g/mol. The molecule has 0 saturated carbocycles. The molecule has 0 spiro atoms. The average Bonchev–Trinajstić information content (AvgIpc) is 2.49. The molecule has 0 aliphatic rings. The van der Waals surface area contributed by atoms with Crippen molar-refractivity contribution in [2.75, 3.05) is 6.61 Å². The molecule has 0 saturated heterocycles. The highest BCUT2D eigenvalue weighted by atomic mass is 79.9. The minimum atomic E-state index is -0.297. The van der Waals surface area contributed by atoms with Crippen molar-refractivity contribution in [2.45, 2.75) is 20.1 Å². The van der Waals surface area contributed by atoms with Crippen molar-refractivity contribution in [3.8, 4) is 11.5 Å². The molecule has 0 fully saturated rings. The van der Waals surface area contributed by atoms with E-state index in [2.05, 4.69) is 15.9 Å². The van der Waals surface area contributed by atoms with Crippen LogP contribution >= 0.6 is 15.9 Å². The summed E-state index contributed by atoms with van der Waals surface area (Å²) in [6.45, 7) is 2.98. The van der Waals surface area contributed by atoms with Gasteiger partial charge < -0.3 is 15.2 Å². The van der Waals surface area contributed by atoms with E-state index < -0.39 is 0 Å². The Morgan fingerprint density at radius 1 is 1.10 bits per heavy atom. The first-order valence-corrected chi connectivity index (χ1v) is 7.46. The number of hydrogen-bond donors (Lipinski definition) is 1. The van der Waals surface area contributed by atoms with Gasteiger partial charge in [0.05, 0.1) is 6.61 Å². The molecule has 5 heteroatoms. The van der Waals surface area contributed by atoms with Crippen LogP contribution in [0.1, 0.15) is 18.1 Å². The molecule has 112 valence electrons. The van der Waals surface area contributed by atoms with Crippen LogP contribution in [0.3, 0.4) is 0 Å². The van der Waals surface area contributed by atoms with Crippen molar-refractivity contribution >= 4 is 15.9 Å². The Bertz CT molecular complexity index is 619. The van der Waals surface area contributed by atoms with Crippen LogP contribution in [0.4, 0.5) is 4.39 Å². The van der Waals surface area contributed by atoms with E-state index >= 15 is 0 Å². The predicted molar refractivity (Wildman–Crippen MR) is 83.9 cm³/mol. The lowest BCUT2D eigenvalue weighted by molar-refractivity contribution is 0.265. The van der Waals surface area contributed by atoms with Crippen molar-refractivity contribution in [2.24, 2.45) is 5.73 Å². The van der Waals surface area contributed by atoms with Crippen molar-refractivity contribution in [3.05, 3.63) is 57.8 Å². The number of nitrogens with two attached hydrogens (primary N) is 1. The number of rotatable bonds is 6. The molecule has 0 aromatic heterocycles. The fourth-order valence-electron chi connectivity index (χ4n) is 1.88. The maximum atomic E-state index is 13.7. The molecule has 0 atom stereocenters. The minimum absolute atomic E-state index is 0.132. The lowest BCUT2D eigenvalue weighted by atomic mass is 10.2.